The maximum absolute atomic E-state index is 6.20. The molecule has 0 saturated heterocycles. The van der Waals surface area contributed by atoms with Gasteiger partial charge in [0.05, 0.1) is 0 Å². The summed E-state index contributed by atoms with van der Waals surface area (Å²) in [5, 5.41) is 2.27. The number of fused-ring (bicyclic) bond motifs is 3. The molecule has 5 rings (SSSR count). The van der Waals surface area contributed by atoms with Crippen LogP contribution in [0.5, 0.6) is 0 Å². The van der Waals surface area contributed by atoms with E-state index < -0.39 is 0 Å². The van der Waals surface area contributed by atoms with Crippen molar-refractivity contribution in [1.82, 2.24) is 0 Å². The summed E-state index contributed by atoms with van der Waals surface area (Å²) < 4.78 is 7.26. The number of hydrogen-bond acceptors (Lipinski definition) is 1. The van der Waals surface area contributed by atoms with Crippen molar-refractivity contribution >= 4 is 37.9 Å². The first-order chi connectivity index (χ1) is 12.8. The van der Waals surface area contributed by atoms with E-state index in [2.05, 4.69) is 82.7 Å². The normalized spacial score (nSPS) is 11.3. The van der Waals surface area contributed by atoms with Crippen molar-refractivity contribution in [3.8, 4) is 22.3 Å². The molecule has 0 aliphatic carbocycles. The van der Waals surface area contributed by atoms with Crippen LogP contribution in [0.4, 0.5) is 0 Å². The van der Waals surface area contributed by atoms with Crippen molar-refractivity contribution < 1.29 is 4.42 Å². The Labute approximate surface area is 160 Å². The van der Waals surface area contributed by atoms with Gasteiger partial charge in [-0.3, -0.25) is 0 Å². The van der Waals surface area contributed by atoms with Crippen molar-refractivity contribution in [3.05, 3.63) is 95.5 Å². The van der Waals surface area contributed by atoms with Gasteiger partial charge in [-0.15, -0.1) is 0 Å². The average molecular weight is 399 g/mol. The molecule has 0 bridgehead atoms. The Morgan fingerprint density at radius 3 is 2.04 bits per heavy atom. The van der Waals surface area contributed by atoms with Crippen molar-refractivity contribution in [2.45, 2.75) is 0 Å². The van der Waals surface area contributed by atoms with Gasteiger partial charge in [0.25, 0.3) is 0 Å². The first-order valence-electron chi connectivity index (χ1n) is 8.57. The Bertz CT molecular complexity index is 1220. The molecule has 0 spiro atoms. The zero-order valence-electron chi connectivity index (χ0n) is 13.9. The molecule has 4 aromatic carbocycles. The Morgan fingerprint density at radius 2 is 1.23 bits per heavy atom. The van der Waals surface area contributed by atoms with Crippen LogP contribution >= 0.6 is 15.9 Å². The maximum atomic E-state index is 6.20. The summed E-state index contributed by atoms with van der Waals surface area (Å²) in [6.07, 6.45) is 0. The van der Waals surface area contributed by atoms with Crippen LogP contribution < -0.4 is 0 Å². The minimum atomic E-state index is 0.913. The molecular formula is C24H15BrO. The smallest absolute Gasteiger partial charge is 0.144 e. The van der Waals surface area contributed by atoms with Crippen LogP contribution in [0.15, 0.2) is 99.9 Å². The standard InChI is InChI=1S/C24H15BrO/c25-21-15-14-19(24-23(21)20-8-4-5-9-22(20)26-24)18-12-10-17(11-13-18)16-6-2-1-3-7-16/h1-15H. The molecule has 0 fully saturated rings. The van der Waals surface area contributed by atoms with Gasteiger partial charge in [0.2, 0.25) is 0 Å². The Balaban J connectivity index is 1.69. The first kappa shape index (κ1) is 15.4. The van der Waals surface area contributed by atoms with E-state index in [0.717, 1.165) is 37.5 Å². The second kappa shape index (κ2) is 6.15. The molecule has 1 heterocycles. The van der Waals surface area contributed by atoms with E-state index in [9.17, 15) is 0 Å². The average Bonchev–Trinajstić information content (AvgIpc) is 3.09. The Kier molecular flexibility index (Phi) is 3.65. The van der Waals surface area contributed by atoms with E-state index in [-0.39, 0.29) is 0 Å². The molecular weight excluding hydrogens is 384 g/mol. The van der Waals surface area contributed by atoms with Crippen LogP contribution in [0.3, 0.4) is 0 Å². The monoisotopic (exact) mass is 398 g/mol. The summed E-state index contributed by atoms with van der Waals surface area (Å²) in [4.78, 5) is 0. The molecule has 0 unspecified atom stereocenters. The summed E-state index contributed by atoms with van der Waals surface area (Å²) in [5.41, 5.74) is 6.54. The second-order valence-electron chi connectivity index (χ2n) is 6.34. The fourth-order valence-corrected chi connectivity index (χ4v) is 4.01. The quantitative estimate of drug-likeness (QED) is 0.297. The van der Waals surface area contributed by atoms with Crippen LogP contribution in [-0.2, 0) is 0 Å². The molecule has 0 saturated carbocycles. The van der Waals surface area contributed by atoms with Crippen LogP contribution in [0, 0.1) is 0 Å². The lowest BCUT2D eigenvalue weighted by Crippen LogP contribution is -1.82. The highest BCUT2D eigenvalue weighted by Crippen LogP contribution is 2.40. The summed E-state index contributed by atoms with van der Waals surface area (Å²) in [7, 11) is 0. The Hall–Kier alpha value is -2.84. The SMILES string of the molecule is Brc1ccc(-c2ccc(-c3ccccc3)cc2)c2oc3ccccc3c12. The van der Waals surface area contributed by atoms with Crippen molar-refractivity contribution in [1.29, 1.82) is 0 Å². The highest BCUT2D eigenvalue weighted by Gasteiger charge is 2.14. The van der Waals surface area contributed by atoms with E-state index in [4.69, 9.17) is 4.42 Å². The van der Waals surface area contributed by atoms with Crippen LogP contribution in [0.2, 0.25) is 0 Å². The number of hydrogen-bond donors (Lipinski definition) is 0. The van der Waals surface area contributed by atoms with E-state index in [1.165, 1.54) is 11.1 Å². The summed E-state index contributed by atoms with van der Waals surface area (Å²) in [6.45, 7) is 0. The number of halogens is 1. The predicted octanol–water partition coefficient (Wildman–Crippen LogP) is 7.68. The molecule has 1 nitrogen and oxygen atoms in total. The summed E-state index contributed by atoms with van der Waals surface area (Å²) >= 11 is 3.69. The Morgan fingerprint density at radius 1 is 0.577 bits per heavy atom. The number of benzene rings is 4. The highest BCUT2D eigenvalue weighted by molar-refractivity contribution is 9.10. The van der Waals surface area contributed by atoms with Crippen LogP contribution in [0.25, 0.3) is 44.2 Å². The van der Waals surface area contributed by atoms with E-state index in [0.29, 0.717) is 0 Å². The number of para-hydroxylation sites is 1. The fraction of sp³-hybridized carbons (Fsp3) is 0. The first-order valence-corrected chi connectivity index (χ1v) is 9.36. The third kappa shape index (κ3) is 2.46. The fourth-order valence-electron chi connectivity index (χ4n) is 3.49. The molecule has 124 valence electrons. The van der Waals surface area contributed by atoms with Gasteiger partial charge in [0.15, 0.2) is 0 Å². The van der Waals surface area contributed by atoms with Gasteiger partial charge in [-0.1, -0.05) is 88.7 Å². The molecule has 5 aromatic rings. The van der Waals surface area contributed by atoms with Gasteiger partial charge in [-0.2, -0.15) is 0 Å². The molecule has 2 heteroatoms. The lowest BCUT2D eigenvalue weighted by molar-refractivity contribution is 0.670. The van der Waals surface area contributed by atoms with Crippen molar-refractivity contribution in [2.24, 2.45) is 0 Å². The number of furan rings is 1. The van der Waals surface area contributed by atoms with Crippen molar-refractivity contribution in [2.75, 3.05) is 0 Å². The summed E-state index contributed by atoms with van der Waals surface area (Å²) in [5.74, 6) is 0. The summed E-state index contributed by atoms with van der Waals surface area (Å²) in [6, 6.07) is 31.5. The van der Waals surface area contributed by atoms with Crippen LogP contribution in [-0.4, -0.2) is 0 Å². The van der Waals surface area contributed by atoms with Gasteiger partial charge < -0.3 is 4.42 Å². The number of rotatable bonds is 2. The molecule has 0 aliphatic rings. The van der Waals surface area contributed by atoms with E-state index in [1.807, 2.05) is 24.3 Å². The molecule has 0 atom stereocenters. The predicted molar refractivity (Wildman–Crippen MR) is 112 cm³/mol. The maximum Gasteiger partial charge on any atom is 0.144 e. The lowest BCUT2D eigenvalue weighted by Gasteiger charge is -2.06. The molecule has 26 heavy (non-hydrogen) atoms. The molecule has 0 N–H and O–H groups in total. The zero-order valence-corrected chi connectivity index (χ0v) is 15.5. The largest absolute Gasteiger partial charge is 0.455 e. The minimum absolute atomic E-state index is 0.913. The molecule has 1 aromatic heterocycles. The molecule has 0 radical (unpaired) electrons. The van der Waals surface area contributed by atoms with Crippen LogP contribution in [0.1, 0.15) is 0 Å². The zero-order chi connectivity index (χ0) is 17.5. The third-order valence-electron chi connectivity index (χ3n) is 4.78. The van der Waals surface area contributed by atoms with Gasteiger partial charge in [0.1, 0.15) is 11.2 Å². The third-order valence-corrected chi connectivity index (χ3v) is 5.44. The van der Waals surface area contributed by atoms with Crippen molar-refractivity contribution in [3.63, 3.8) is 0 Å². The molecule has 0 aliphatic heterocycles. The van der Waals surface area contributed by atoms with Gasteiger partial charge >= 0.3 is 0 Å². The lowest BCUT2D eigenvalue weighted by atomic mass is 9.99. The van der Waals surface area contributed by atoms with E-state index >= 15 is 0 Å². The minimum Gasteiger partial charge on any atom is -0.455 e. The molecule has 0 amide bonds. The van der Waals surface area contributed by atoms with Gasteiger partial charge in [0, 0.05) is 20.8 Å². The van der Waals surface area contributed by atoms with E-state index in [1.54, 1.807) is 0 Å². The topological polar surface area (TPSA) is 13.1 Å². The van der Waals surface area contributed by atoms with Gasteiger partial charge in [-0.25, -0.2) is 0 Å². The second-order valence-corrected chi connectivity index (χ2v) is 7.20. The highest BCUT2D eigenvalue weighted by atomic mass is 79.9. The van der Waals surface area contributed by atoms with Gasteiger partial charge in [-0.05, 0) is 34.9 Å².